The molecule has 18 heteroatoms. The number of benzene rings is 6. The molecule has 6 rings (SSSR count). The summed E-state index contributed by atoms with van der Waals surface area (Å²) >= 11 is 0. The van der Waals surface area contributed by atoms with Gasteiger partial charge in [-0.15, -0.1) is 5.11 Å². The number of nitrogens with two attached hydrogens (primary N) is 1. The molecule has 0 aliphatic rings. The number of aromatic hydroxyl groups is 1. The van der Waals surface area contributed by atoms with Gasteiger partial charge in [-0.3, -0.25) is 8.99 Å². The molecule has 250 valence electrons. The fraction of sp³-hybridized carbons (Fsp3) is 0. The van der Waals surface area contributed by atoms with E-state index in [0.717, 1.165) is 52.6 Å². The Morgan fingerprint density at radius 1 is 0.600 bits per heavy atom. The number of primary sulfonamides is 1. The second-order valence-electron chi connectivity index (χ2n) is 10.0. The molecule has 6 aromatic carbocycles. The number of nitrogens with one attached hydrogen (secondary N) is 1. The van der Waals surface area contributed by atoms with Gasteiger partial charge in [0.2, 0.25) is 10.0 Å². The van der Waals surface area contributed by atoms with E-state index in [1.807, 2.05) is 30.3 Å². The molecule has 1 unspecified atom stereocenters. The van der Waals surface area contributed by atoms with E-state index in [4.69, 9.17) is 9.92 Å². The largest absolute Gasteiger partial charge is 3.00 e. The Bertz CT molecular complexity index is 2480. The zero-order valence-corrected chi connectivity index (χ0v) is 28.4. The molecule has 0 aliphatic heterocycles. The van der Waals surface area contributed by atoms with E-state index in [2.05, 4.69) is 20.5 Å². The second-order valence-corrected chi connectivity index (χ2v) is 13.1. The summed E-state index contributed by atoms with van der Waals surface area (Å²) < 4.78 is 52.2. The number of hydrogen-bond donors (Lipinski definition) is 3. The number of hydrogen-bond acceptors (Lipinski definition) is 13. The monoisotopic (exact) mass is 748 g/mol. The van der Waals surface area contributed by atoms with Crippen LogP contribution in [0.25, 0.3) is 21.5 Å². The van der Waals surface area contributed by atoms with Crippen molar-refractivity contribution in [3.8, 4) is 23.0 Å². The minimum atomic E-state index is -4.22. The fourth-order valence-corrected chi connectivity index (χ4v) is 5.39. The van der Waals surface area contributed by atoms with Crippen molar-refractivity contribution in [2.45, 2.75) is 9.79 Å². The molecule has 0 aliphatic carbocycles. The van der Waals surface area contributed by atoms with Gasteiger partial charge in [0, 0.05) is 20.3 Å². The average molecular weight is 749 g/mol. The first-order valence-electron chi connectivity index (χ1n) is 13.6. The van der Waals surface area contributed by atoms with Crippen LogP contribution in [0.15, 0.2) is 139 Å². The molecule has 1 atom stereocenters. The van der Waals surface area contributed by atoms with Crippen LogP contribution in [0.4, 0.5) is 22.7 Å². The molecule has 0 saturated carbocycles. The number of phenolic OH excluding ortho intramolecular Hbond substituents is 1. The van der Waals surface area contributed by atoms with Crippen molar-refractivity contribution in [1.82, 2.24) is 0 Å². The maximum absolute atomic E-state index is 12.0. The molecular weight excluding hydrogens is 726 g/mol. The maximum atomic E-state index is 12.0. The first-order valence-corrected chi connectivity index (χ1v) is 16.6. The van der Waals surface area contributed by atoms with Crippen molar-refractivity contribution >= 4 is 64.3 Å². The number of fused-ring (bicyclic) bond motifs is 2. The molecular formula is C32H22CoLiN6O8S2. The summed E-state index contributed by atoms with van der Waals surface area (Å²) in [6.07, 6.45) is 0. The molecule has 0 fully saturated rings. The van der Waals surface area contributed by atoms with Crippen LogP contribution in [0.1, 0.15) is 0 Å². The van der Waals surface area contributed by atoms with Gasteiger partial charge in [-0.05, 0) is 52.6 Å². The van der Waals surface area contributed by atoms with E-state index in [1.54, 1.807) is 30.3 Å². The Kier molecular flexibility index (Phi) is 12.9. The number of rotatable bonds is 6. The Labute approximate surface area is 308 Å². The van der Waals surface area contributed by atoms with Crippen LogP contribution in [0.2, 0.25) is 0 Å². The summed E-state index contributed by atoms with van der Waals surface area (Å²) in [5.74, 6) is -1.54. The fourth-order valence-electron chi connectivity index (χ4n) is 4.34. The summed E-state index contributed by atoms with van der Waals surface area (Å²) in [4.78, 5) is -0.602. The van der Waals surface area contributed by atoms with Crippen LogP contribution in [0.5, 0.6) is 23.0 Å². The van der Waals surface area contributed by atoms with Crippen LogP contribution >= 0.6 is 0 Å². The minimum Gasteiger partial charge on any atom is -0.871 e. The zero-order chi connectivity index (χ0) is 34.6. The minimum absolute atomic E-state index is 0. The second kappa shape index (κ2) is 16.2. The van der Waals surface area contributed by atoms with E-state index < -0.39 is 31.5 Å². The number of azo groups is 2. The van der Waals surface area contributed by atoms with E-state index in [0.29, 0.717) is 5.39 Å². The molecule has 0 bridgehead atoms. The molecule has 0 amide bonds. The maximum Gasteiger partial charge on any atom is 3.00 e. The van der Waals surface area contributed by atoms with Gasteiger partial charge >= 0.3 is 35.6 Å². The molecule has 0 spiro atoms. The van der Waals surface area contributed by atoms with Gasteiger partial charge in [0.05, 0.1) is 22.0 Å². The number of nitrogens with zero attached hydrogens (tertiary/aromatic N) is 4. The third-order valence-electron chi connectivity index (χ3n) is 6.73. The third-order valence-corrected chi connectivity index (χ3v) is 8.51. The summed E-state index contributed by atoms with van der Waals surface area (Å²) in [6, 6.07) is 26.7. The molecule has 6 aromatic rings. The quantitative estimate of drug-likeness (QED) is 0.168. The van der Waals surface area contributed by atoms with Crippen molar-refractivity contribution in [3.05, 3.63) is 109 Å². The molecule has 0 heterocycles. The molecule has 14 nitrogen and oxygen atoms in total. The third kappa shape index (κ3) is 9.44. The van der Waals surface area contributed by atoms with Gasteiger partial charge in [0.15, 0.2) is 0 Å². The Hall–Kier alpha value is -4.84. The Morgan fingerprint density at radius 2 is 1.08 bits per heavy atom. The van der Waals surface area contributed by atoms with E-state index in [-0.39, 0.29) is 79.7 Å². The van der Waals surface area contributed by atoms with Gasteiger partial charge in [-0.2, -0.15) is 15.3 Å². The van der Waals surface area contributed by atoms with Gasteiger partial charge in [0.1, 0.15) is 11.4 Å². The molecule has 0 aromatic heterocycles. The average Bonchev–Trinajstić information content (AvgIpc) is 3.04. The van der Waals surface area contributed by atoms with E-state index in [9.17, 15) is 37.6 Å². The van der Waals surface area contributed by atoms with Gasteiger partial charge in [-0.25, -0.2) is 13.6 Å². The van der Waals surface area contributed by atoms with Crippen molar-refractivity contribution < 1.29 is 73.2 Å². The molecule has 50 heavy (non-hydrogen) atoms. The van der Waals surface area contributed by atoms with Crippen LogP contribution in [-0.4, -0.2) is 22.3 Å². The van der Waals surface area contributed by atoms with Crippen molar-refractivity contribution in [3.63, 3.8) is 0 Å². The van der Waals surface area contributed by atoms with Crippen LogP contribution in [0.3, 0.4) is 0 Å². The smallest absolute Gasteiger partial charge is 0.871 e. The van der Waals surface area contributed by atoms with Crippen LogP contribution in [0, 0.1) is 4.78 Å². The van der Waals surface area contributed by atoms with Crippen molar-refractivity contribution in [1.29, 1.82) is 4.78 Å². The SMILES string of the molecule is N=S(=O)([O-])c1ccc([O-])c(N=Nc2c([O-])ccc3ccccc23)c1.NS(=O)(=O)c1ccc([O-])c(N=Nc2cc3ccccc3cc2O)c1.[Co+3].[Li+]. The van der Waals surface area contributed by atoms with Gasteiger partial charge in [0.25, 0.3) is 0 Å². The first-order chi connectivity index (χ1) is 22.7. The van der Waals surface area contributed by atoms with Crippen molar-refractivity contribution in [2.75, 3.05) is 0 Å². The first kappa shape index (κ1) is 39.6. The topological polar surface area (TPSA) is 263 Å². The summed E-state index contributed by atoms with van der Waals surface area (Å²) in [6.45, 7) is 0. The molecule has 0 radical (unpaired) electrons. The zero-order valence-electron chi connectivity index (χ0n) is 25.7. The summed E-state index contributed by atoms with van der Waals surface area (Å²) in [5.41, 5.74) is -0.217. The predicted octanol–water partition coefficient (Wildman–Crippen LogP) is 2.62. The van der Waals surface area contributed by atoms with E-state index >= 15 is 0 Å². The number of sulfonamides is 1. The molecule has 4 N–H and O–H groups in total. The van der Waals surface area contributed by atoms with Gasteiger partial charge in [-0.1, -0.05) is 90.0 Å². The molecule has 0 saturated heterocycles. The van der Waals surface area contributed by atoms with Crippen LogP contribution < -0.4 is 39.3 Å². The van der Waals surface area contributed by atoms with Crippen LogP contribution in [-0.2, 0) is 36.8 Å². The van der Waals surface area contributed by atoms with E-state index in [1.165, 1.54) is 12.1 Å². The summed E-state index contributed by atoms with van der Waals surface area (Å²) in [5, 5.41) is 68.8. The summed E-state index contributed by atoms with van der Waals surface area (Å²) in [7, 11) is -8.17. The normalized spacial score (nSPS) is 12.5. The Morgan fingerprint density at radius 3 is 1.68 bits per heavy atom. The van der Waals surface area contributed by atoms with Crippen molar-refractivity contribution in [2.24, 2.45) is 25.6 Å². The number of phenols is 1. The van der Waals surface area contributed by atoms with Gasteiger partial charge < -0.3 is 25.0 Å². The standard InChI is InChI=1S/2C16H13N3O4S.Co.Li/c17-24(22,23)11-6-8-14(20)13(9-11)18-19-16-12-4-2-1-3-10(12)5-7-15(16)21;17-24(22,23)12-5-6-15(20)14(9-12)19-18-13-7-10-3-1-2-4-11(10)8-16(13)21;;/h2*1-9,20-21H,(H2,17,22,23);;/q;;+3;+1/p-4. The Balaban J connectivity index is 0.000000260. The predicted molar refractivity (Wildman–Crippen MR) is 170 cm³/mol.